The molecule has 29 heavy (non-hydrogen) atoms. The minimum atomic E-state index is -0.0753. The maximum Gasteiger partial charge on any atom is 0.270 e. The molecule has 3 heterocycles. The fourth-order valence-corrected chi connectivity index (χ4v) is 4.15. The van der Waals surface area contributed by atoms with Crippen molar-refractivity contribution in [1.29, 1.82) is 0 Å². The van der Waals surface area contributed by atoms with Crippen LogP contribution in [0.3, 0.4) is 0 Å². The Labute approximate surface area is 175 Å². The molecule has 2 aromatic heterocycles. The molecule has 1 N–H and O–H groups in total. The van der Waals surface area contributed by atoms with Crippen LogP contribution in [0.4, 0.5) is 5.69 Å². The Morgan fingerprint density at radius 2 is 1.90 bits per heavy atom. The van der Waals surface area contributed by atoms with Crippen molar-refractivity contribution in [3.63, 3.8) is 0 Å². The Morgan fingerprint density at radius 3 is 2.62 bits per heavy atom. The molecule has 0 atom stereocenters. The highest BCUT2D eigenvalue weighted by molar-refractivity contribution is 6.32. The van der Waals surface area contributed by atoms with Gasteiger partial charge < -0.3 is 9.88 Å². The molecule has 0 unspecified atom stereocenters. The third kappa shape index (κ3) is 4.43. The van der Waals surface area contributed by atoms with Gasteiger partial charge in [-0.15, -0.1) is 0 Å². The molecule has 0 aliphatic carbocycles. The number of pyridine rings is 1. The molecule has 1 fully saturated rings. The molecule has 1 aliphatic rings. The summed E-state index contributed by atoms with van der Waals surface area (Å²) in [6.45, 7) is 8.58. The predicted octanol–water partition coefficient (Wildman–Crippen LogP) is 3.55. The molecular formula is C22H26ClN5O. The maximum absolute atomic E-state index is 12.2. The van der Waals surface area contributed by atoms with Crippen LogP contribution in [-0.4, -0.2) is 46.0 Å². The number of hydrogen-bond acceptors (Lipinski definition) is 5. The lowest BCUT2D eigenvalue weighted by Crippen LogP contribution is -2.46. The van der Waals surface area contributed by atoms with Gasteiger partial charge in [-0.25, -0.2) is 9.97 Å². The number of piperazine rings is 1. The fourth-order valence-electron chi connectivity index (χ4n) is 3.83. The van der Waals surface area contributed by atoms with E-state index in [1.54, 1.807) is 0 Å². The molecule has 152 valence electrons. The number of H-pyrrole nitrogens is 1. The number of benzene rings is 1. The van der Waals surface area contributed by atoms with Gasteiger partial charge in [0.1, 0.15) is 5.69 Å². The zero-order valence-corrected chi connectivity index (χ0v) is 17.7. The third-order valence-corrected chi connectivity index (χ3v) is 5.68. The van der Waals surface area contributed by atoms with Crippen LogP contribution < -0.4 is 10.5 Å². The Balaban J connectivity index is 1.43. The van der Waals surface area contributed by atoms with Crippen LogP contribution in [0.2, 0.25) is 5.15 Å². The molecule has 0 radical (unpaired) electrons. The molecule has 4 rings (SSSR count). The van der Waals surface area contributed by atoms with Crippen LogP contribution in [-0.2, 0) is 13.0 Å². The van der Waals surface area contributed by atoms with Crippen LogP contribution in [0.5, 0.6) is 0 Å². The molecule has 1 saturated heterocycles. The van der Waals surface area contributed by atoms with Gasteiger partial charge in [0.15, 0.2) is 5.15 Å². The number of halogens is 1. The van der Waals surface area contributed by atoms with Gasteiger partial charge in [0.2, 0.25) is 0 Å². The van der Waals surface area contributed by atoms with Crippen LogP contribution in [0.1, 0.15) is 30.3 Å². The van der Waals surface area contributed by atoms with Crippen molar-refractivity contribution in [2.24, 2.45) is 0 Å². The second-order valence-corrected chi connectivity index (χ2v) is 8.00. The summed E-state index contributed by atoms with van der Waals surface area (Å²) in [5.41, 5.74) is 5.33. The second-order valence-electron chi connectivity index (χ2n) is 7.64. The van der Waals surface area contributed by atoms with Crippen LogP contribution in [0.15, 0.2) is 35.1 Å². The highest BCUT2D eigenvalue weighted by atomic mass is 35.5. The molecule has 7 heteroatoms. The van der Waals surface area contributed by atoms with E-state index in [2.05, 4.69) is 43.8 Å². The summed E-state index contributed by atoms with van der Waals surface area (Å²) in [7, 11) is 0. The van der Waals surface area contributed by atoms with E-state index in [0.29, 0.717) is 17.3 Å². The number of aromatic nitrogens is 3. The molecule has 3 aromatic rings. The first-order chi connectivity index (χ1) is 14.0. The summed E-state index contributed by atoms with van der Waals surface area (Å²) >= 11 is 6.33. The highest BCUT2D eigenvalue weighted by Gasteiger charge is 2.19. The fraction of sp³-hybridized carbons (Fsp3) is 0.409. The van der Waals surface area contributed by atoms with Gasteiger partial charge in [-0.3, -0.25) is 9.69 Å². The van der Waals surface area contributed by atoms with Crippen molar-refractivity contribution < 1.29 is 0 Å². The predicted molar refractivity (Wildman–Crippen MR) is 118 cm³/mol. The van der Waals surface area contributed by atoms with E-state index in [0.717, 1.165) is 61.6 Å². The van der Waals surface area contributed by atoms with Gasteiger partial charge in [0.25, 0.3) is 5.56 Å². The number of nitrogens with one attached hydrogen (secondary N) is 1. The lowest BCUT2D eigenvalue weighted by Gasteiger charge is -2.36. The molecule has 0 saturated carbocycles. The summed E-state index contributed by atoms with van der Waals surface area (Å²) < 4.78 is 0. The minimum absolute atomic E-state index is 0.0753. The summed E-state index contributed by atoms with van der Waals surface area (Å²) in [6.07, 6.45) is 1.62. The lowest BCUT2D eigenvalue weighted by atomic mass is 10.1. The van der Waals surface area contributed by atoms with E-state index >= 15 is 0 Å². The smallest absolute Gasteiger partial charge is 0.270 e. The van der Waals surface area contributed by atoms with Crippen molar-refractivity contribution in [3.8, 4) is 0 Å². The number of hydrogen-bond donors (Lipinski definition) is 1. The lowest BCUT2D eigenvalue weighted by molar-refractivity contribution is 0.250. The van der Waals surface area contributed by atoms with Gasteiger partial charge >= 0.3 is 0 Å². The van der Waals surface area contributed by atoms with Gasteiger partial charge in [-0.2, -0.15) is 0 Å². The van der Waals surface area contributed by atoms with Gasteiger partial charge in [-0.1, -0.05) is 31.0 Å². The summed E-state index contributed by atoms with van der Waals surface area (Å²) in [4.78, 5) is 28.8. The Morgan fingerprint density at radius 1 is 1.10 bits per heavy atom. The average molecular weight is 412 g/mol. The van der Waals surface area contributed by atoms with E-state index in [-0.39, 0.29) is 5.56 Å². The highest BCUT2D eigenvalue weighted by Crippen LogP contribution is 2.25. The number of fused-ring (bicyclic) bond motifs is 1. The first-order valence-corrected chi connectivity index (χ1v) is 10.5. The molecule has 1 aliphatic heterocycles. The van der Waals surface area contributed by atoms with Crippen molar-refractivity contribution in [3.05, 3.63) is 62.8 Å². The van der Waals surface area contributed by atoms with Crippen molar-refractivity contribution >= 4 is 28.3 Å². The van der Waals surface area contributed by atoms with Crippen LogP contribution in [0.25, 0.3) is 11.0 Å². The van der Waals surface area contributed by atoms with Crippen molar-refractivity contribution in [2.45, 2.75) is 33.2 Å². The van der Waals surface area contributed by atoms with E-state index in [9.17, 15) is 4.79 Å². The van der Waals surface area contributed by atoms with Gasteiger partial charge in [-0.05, 0) is 43.2 Å². The number of rotatable bonds is 5. The summed E-state index contributed by atoms with van der Waals surface area (Å²) in [5, 5.41) is 0.576. The van der Waals surface area contributed by atoms with E-state index in [1.165, 1.54) is 5.56 Å². The van der Waals surface area contributed by atoms with Crippen LogP contribution >= 0.6 is 11.6 Å². The number of aryl methyl sites for hydroxylation is 2. The molecule has 0 spiro atoms. The monoisotopic (exact) mass is 411 g/mol. The molecule has 6 nitrogen and oxygen atoms in total. The Hall–Kier alpha value is -2.44. The largest absolute Gasteiger partial charge is 0.366 e. The number of nitrogens with zero attached hydrogens (tertiary/aromatic N) is 4. The average Bonchev–Trinajstić information content (AvgIpc) is 2.70. The summed E-state index contributed by atoms with van der Waals surface area (Å²) in [5.74, 6) is 0. The molecular weight excluding hydrogens is 386 g/mol. The van der Waals surface area contributed by atoms with E-state index in [4.69, 9.17) is 11.6 Å². The molecule has 1 aromatic carbocycles. The van der Waals surface area contributed by atoms with Gasteiger partial charge in [0.05, 0.1) is 16.7 Å². The number of aromatic amines is 1. The zero-order chi connectivity index (χ0) is 20.4. The van der Waals surface area contributed by atoms with Crippen molar-refractivity contribution in [1.82, 2.24) is 19.9 Å². The quantitative estimate of drug-likeness (QED) is 0.650. The SMILES string of the molecule is CCCc1nc2ccc(CN3CCN(c4ccc(C)nc4Cl)CC3)cc2[nH]c1=O. The molecule has 0 amide bonds. The van der Waals surface area contributed by atoms with Crippen LogP contribution in [0, 0.1) is 6.92 Å². The first kappa shape index (κ1) is 19.9. The first-order valence-electron chi connectivity index (χ1n) is 10.2. The second kappa shape index (κ2) is 8.51. The Kier molecular flexibility index (Phi) is 5.83. The van der Waals surface area contributed by atoms with E-state index < -0.39 is 0 Å². The minimum Gasteiger partial charge on any atom is -0.366 e. The molecule has 0 bridgehead atoms. The number of anilines is 1. The third-order valence-electron chi connectivity index (χ3n) is 5.40. The standard InChI is InChI=1S/C22H26ClN5O/c1-3-4-18-22(29)26-19-13-16(6-7-17(19)25-18)14-27-9-11-28(12-10-27)20-8-5-15(2)24-21(20)23/h5-8,13H,3-4,9-12,14H2,1-2H3,(H,26,29). The zero-order valence-electron chi connectivity index (χ0n) is 16.9. The Bertz CT molecular complexity index is 1070. The van der Waals surface area contributed by atoms with Gasteiger partial charge in [0, 0.05) is 38.4 Å². The normalized spacial score (nSPS) is 15.2. The maximum atomic E-state index is 12.2. The summed E-state index contributed by atoms with van der Waals surface area (Å²) in [6, 6.07) is 10.2. The van der Waals surface area contributed by atoms with Crippen molar-refractivity contribution in [2.75, 3.05) is 31.1 Å². The topological polar surface area (TPSA) is 65.1 Å². The van der Waals surface area contributed by atoms with E-state index in [1.807, 2.05) is 25.1 Å².